The molecule has 1 atom stereocenters. The smallest absolute Gasteiger partial charge is 0.268 e. The molecule has 1 N–H and O–H groups in total. The highest BCUT2D eigenvalue weighted by molar-refractivity contribution is 6.31. The molecular formula is C15H19ClN2O3. The van der Waals surface area contributed by atoms with Gasteiger partial charge < -0.3 is 10.1 Å². The minimum Gasteiger partial charge on any atom is -0.479 e. The summed E-state index contributed by atoms with van der Waals surface area (Å²) in [5.41, 5.74) is 0.533. The predicted molar refractivity (Wildman–Crippen MR) is 81.7 cm³/mol. The van der Waals surface area contributed by atoms with Crippen molar-refractivity contribution in [2.75, 3.05) is 18.0 Å². The number of anilines is 1. The summed E-state index contributed by atoms with van der Waals surface area (Å²) in [6.45, 7) is 6.23. The van der Waals surface area contributed by atoms with E-state index >= 15 is 0 Å². The van der Waals surface area contributed by atoms with Crippen LogP contribution in [0.25, 0.3) is 0 Å². The van der Waals surface area contributed by atoms with E-state index in [1.807, 2.05) is 13.8 Å². The first-order chi connectivity index (χ1) is 9.88. The number of hydrogen-bond donors (Lipinski definition) is 1. The molecule has 0 fully saturated rings. The van der Waals surface area contributed by atoms with Crippen molar-refractivity contribution >= 4 is 29.1 Å². The number of benzene rings is 1. The minimum atomic E-state index is -0.614. The van der Waals surface area contributed by atoms with E-state index in [-0.39, 0.29) is 18.4 Å². The quantitative estimate of drug-likeness (QED) is 0.927. The fourth-order valence-corrected chi connectivity index (χ4v) is 2.23. The molecule has 2 rings (SSSR count). The van der Waals surface area contributed by atoms with E-state index in [0.29, 0.717) is 28.9 Å². The molecule has 1 aromatic rings. The molecule has 1 aliphatic rings. The molecule has 2 amide bonds. The van der Waals surface area contributed by atoms with Crippen molar-refractivity contribution in [3.05, 3.63) is 23.2 Å². The van der Waals surface area contributed by atoms with Gasteiger partial charge in [0, 0.05) is 11.6 Å². The number of nitrogens with one attached hydrogen (secondary N) is 1. The van der Waals surface area contributed by atoms with Crippen molar-refractivity contribution in [3.63, 3.8) is 0 Å². The number of ether oxygens (including phenoxy) is 1. The molecule has 0 aromatic heterocycles. The molecule has 0 radical (unpaired) electrons. The van der Waals surface area contributed by atoms with E-state index in [4.69, 9.17) is 16.3 Å². The lowest BCUT2D eigenvalue weighted by Gasteiger charge is -2.32. The molecule has 0 spiro atoms. The lowest BCUT2D eigenvalue weighted by Crippen LogP contribution is -2.49. The van der Waals surface area contributed by atoms with Gasteiger partial charge in [-0.1, -0.05) is 25.4 Å². The van der Waals surface area contributed by atoms with Crippen LogP contribution in [0.1, 0.15) is 20.8 Å². The van der Waals surface area contributed by atoms with Crippen LogP contribution in [0.15, 0.2) is 18.2 Å². The SMILES string of the molecule is CC(C)CNC(=O)CN1C(=O)C(C)Oc2ccc(Cl)cc21. The Balaban J connectivity index is 2.19. The average Bonchev–Trinajstić information content (AvgIpc) is 2.42. The van der Waals surface area contributed by atoms with Gasteiger partial charge in [-0.3, -0.25) is 14.5 Å². The van der Waals surface area contributed by atoms with Gasteiger partial charge in [-0.2, -0.15) is 0 Å². The van der Waals surface area contributed by atoms with Crippen LogP contribution in [-0.4, -0.2) is 31.0 Å². The second-order valence-electron chi connectivity index (χ2n) is 5.49. The molecule has 1 aliphatic heterocycles. The highest BCUT2D eigenvalue weighted by atomic mass is 35.5. The number of amides is 2. The molecule has 5 nitrogen and oxygen atoms in total. The third kappa shape index (κ3) is 3.67. The Morgan fingerprint density at radius 1 is 1.48 bits per heavy atom. The van der Waals surface area contributed by atoms with Crippen molar-refractivity contribution in [1.82, 2.24) is 5.32 Å². The van der Waals surface area contributed by atoms with E-state index in [1.54, 1.807) is 25.1 Å². The van der Waals surface area contributed by atoms with Crippen LogP contribution in [0.3, 0.4) is 0 Å². The summed E-state index contributed by atoms with van der Waals surface area (Å²) in [5.74, 6) is 0.472. The van der Waals surface area contributed by atoms with Gasteiger partial charge in [-0.15, -0.1) is 0 Å². The molecule has 0 bridgehead atoms. The average molecular weight is 311 g/mol. The maximum absolute atomic E-state index is 12.3. The molecule has 1 unspecified atom stereocenters. The lowest BCUT2D eigenvalue weighted by molar-refractivity contribution is -0.128. The van der Waals surface area contributed by atoms with Gasteiger partial charge in [0.1, 0.15) is 12.3 Å². The number of carbonyl (C=O) groups is 2. The van der Waals surface area contributed by atoms with Gasteiger partial charge >= 0.3 is 0 Å². The zero-order valence-corrected chi connectivity index (χ0v) is 13.1. The maximum atomic E-state index is 12.3. The van der Waals surface area contributed by atoms with Crippen LogP contribution in [0.5, 0.6) is 5.75 Å². The maximum Gasteiger partial charge on any atom is 0.268 e. The van der Waals surface area contributed by atoms with E-state index in [1.165, 1.54) is 4.90 Å². The Morgan fingerprint density at radius 3 is 2.86 bits per heavy atom. The fraction of sp³-hybridized carbons (Fsp3) is 0.467. The molecule has 6 heteroatoms. The summed E-state index contributed by atoms with van der Waals surface area (Å²) in [4.78, 5) is 25.7. The normalized spacial score (nSPS) is 17.5. The number of hydrogen-bond acceptors (Lipinski definition) is 3. The van der Waals surface area contributed by atoms with Crippen molar-refractivity contribution in [1.29, 1.82) is 0 Å². The van der Waals surface area contributed by atoms with Gasteiger partial charge in [0.25, 0.3) is 5.91 Å². The standard InChI is InChI=1S/C15H19ClN2O3/c1-9(2)7-17-14(19)8-18-12-6-11(16)4-5-13(12)21-10(3)15(18)20/h4-6,9-10H,7-8H2,1-3H3,(H,17,19). The fourth-order valence-electron chi connectivity index (χ4n) is 2.06. The monoisotopic (exact) mass is 310 g/mol. The van der Waals surface area contributed by atoms with Crippen LogP contribution in [0.4, 0.5) is 5.69 Å². The summed E-state index contributed by atoms with van der Waals surface area (Å²) >= 11 is 5.97. The first-order valence-electron chi connectivity index (χ1n) is 6.92. The highest BCUT2D eigenvalue weighted by Gasteiger charge is 2.32. The highest BCUT2D eigenvalue weighted by Crippen LogP contribution is 2.35. The first kappa shape index (κ1) is 15.6. The Hall–Kier alpha value is -1.75. The van der Waals surface area contributed by atoms with Gasteiger partial charge in [0.2, 0.25) is 5.91 Å². The van der Waals surface area contributed by atoms with Crippen molar-refractivity contribution in [3.8, 4) is 5.75 Å². The number of fused-ring (bicyclic) bond motifs is 1. The summed E-state index contributed by atoms with van der Waals surface area (Å²) in [7, 11) is 0. The first-order valence-corrected chi connectivity index (χ1v) is 7.30. The third-order valence-corrected chi connectivity index (χ3v) is 3.37. The third-order valence-electron chi connectivity index (χ3n) is 3.14. The zero-order chi connectivity index (χ0) is 15.6. The molecule has 1 heterocycles. The molecule has 0 saturated heterocycles. The van der Waals surface area contributed by atoms with Crippen molar-refractivity contribution in [2.45, 2.75) is 26.9 Å². The Kier molecular flexibility index (Phi) is 4.73. The summed E-state index contributed by atoms with van der Waals surface area (Å²) in [6.07, 6.45) is -0.614. The van der Waals surface area contributed by atoms with Gasteiger partial charge in [0.15, 0.2) is 6.10 Å². The minimum absolute atomic E-state index is 0.0351. The predicted octanol–water partition coefficient (Wildman–Crippen LogP) is 2.23. The van der Waals surface area contributed by atoms with E-state index in [9.17, 15) is 9.59 Å². The van der Waals surface area contributed by atoms with Crippen LogP contribution >= 0.6 is 11.6 Å². The van der Waals surface area contributed by atoms with Gasteiger partial charge in [-0.25, -0.2) is 0 Å². The number of halogens is 1. The van der Waals surface area contributed by atoms with Gasteiger partial charge in [0.05, 0.1) is 5.69 Å². The van der Waals surface area contributed by atoms with Crippen LogP contribution in [0, 0.1) is 5.92 Å². The number of nitrogens with zero attached hydrogens (tertiary/aromatic N) is 1. The van der Waals surface area contributed by atoms with Crippen LogP contribution in [-0.2, 0) is 9.59 Å². The molecular weight excluding hydrogens is 292 g/mol. The van der Waals surface area contributed by atoms with Crippen molar-refractivity contribution < 1.29 is 14.3 Å². The van der Waals surface area contributed by atoms with Gasteiger partial charge in [-0.05, 0) is 31.0 Å². The largest absolute Gasteiger partial charge is 0.479 e. The Bertz CT molecular complexity index is 560. The Morgan fingerprint density at radius 2 is 2.19 bits per heavy atom. The van der Waals surface area contributed by atoms with Crippen molar-refractivity contribution in [2.24, 2.45) is 5.92 Å². The second kappa shape index (κ2) is 6.35. The zero-order valence-electron chi connectivity index (χ0n) is 12.4. The summed E-state index contributed by atoms with van der Waals surface area (Å²) < 4.78 is 5.53. The second-order valence-corrected chi connectivity index (χ2v) is 5.93. The Labute approximate surface area is 129 Å². The number of rotatable bonds is 4. The van der Waals surface area contributed by atoms with E-state index in [0.717, 1.165) is 0 Å². The molecule has 114 valence electrons. The van der Waals surface area contributed by atoms with Crippen LogP contribution < -0.4 is 15.0 Å². The van der Waals surface area contributed by atoms with Crippen LogP contribution in [0.2, 0.25) is 5.02 Å². The number of carbonyl (C=O) groups excluding carboxylic acids is 2. The molecule has 1 aromatic carbocycles. The van der Waals surface area contributed by atoms with E-state index in [2.05, 4.69) is 5.32 Å². The van der Waals surface area contributed by atoms with E-state index < -0.39 is 6.10 Å². The lowest BCUT2D eigenvalue weighted by atomic mass is 10.2. The molecule has 21 heavy (non-hydrogen) atoms. The molecule has 0 aliphatic carbocycles. The summed E-state index contributed by atoms with van der Waals surface area (Å²) in [5, 5.41) is 3.30. The molecule has 0 saturated carbocycles. The summed E-state index contributed by atoms with van der Waals surface area (Å²) in [6, 6.07) is 5.04. The topological polar surface area (TPSA) is 58.6 Å².